The topological polar surface area (TPSA) is 90.3 Å². The third-order valence-corrected chi connectivity index (χ3v) is 4.77. The molecule has 0 saturated carbocycles. The van der Waals surface area contributed by atoms with Crippen LogP contribution in [0.3, 0.4) is 0 Å². The first-order valence-electron chi connectivity index (χ1n) is 7.28. The molecule has 0 bridgehead atoms. The van der Waals surface area contributed by atoms with Crippen molar-refractivity contribution in [3.63, 3.8) is 0 Å². The number of anilines is 1. The van der Waals surface area contributed by atoms with Crippen molar-refractivity contribution in [1.82, 2.24) is 5.32 Å². The zero-order chi connectivity index (χ0) is 18.4. The Morgan fingerprint density at radius 1 is 1.16 bits per heavy atom. The molecule has 0 aliphatic carbocycles. The van der Waals surface area contributed by atoms with Crippen molar-refractivity contribution in [2.24, 2.45) is 0 Å². The van der Waals surface area contributed by atoms with Gasteiger partial charge in [-0.2, -0.15) is 5.26 Å². The van der Waals surface area contributed by atoms with Crippen LogP contribution < -0.4 is 9.62 Å². The summed E-state index contributed by atoms with van der Waals surface area (Å²) in [6.07, 6.45) is 1.03. The van der Waals surface area contributed by atoms with Gasteiger partial charge in [0.15, 0.2) is 0 Å². The Morgan fingerprint density at radius 2 is 1.76 bits per heavy atom. The summed E-state index contributed by atoms with van der Waals surface area (Å²) in [5.41, 5.74) is 1.58. The van der Waals surface area contributed by atoms with Crippen molar-refractivity contribution in [3.05, 3.63) is 64.7 Å². The number of rotatable bonds is 6. The second kappa shape index (κ2) is 8.01. The lowest BCUT2D eigenvalue weighted by atomic mass is 10.2. The molecular formula is C17H16ClN3O3S. The zero-order valence-corrected chi connectivity index (χ0v) is 15.0. The minimum Gasteiger partial charge on any atom is -0.350 e. The van der Waals surface area contributed by atoms with Gasteiger partial charge in [-0.05, 0) is 42.0 Å². The van der Waals surface area contributed by atoms with Gasteiger partial charge >= 0.3 is 0 Å². The predicted octanol–water partition coefficient (Wildman–Crippen LogP) is 2.29. The fourth-order valence-electron chi connectivity index (χ4n) is 2.09. The smallest absolute Gasteiger partial charge is 0.241 e. The molecular weight excluding hydrogens is 362 g/mol. The maximum Gasteiger partial charge on any atom is 0.241 e. The van der Waals surface area contributed by atoms with Crippen molar-refractivity contribution < 1.29 is 13.2 Å². The number of benzene rings is 2. The quantitative estimate of drug-likeness (QED) is 0.836. The van der Waals surface area contributed by atoms with Crippen LogP contribution in [0.4, 0.5) is 5.69 Å². The molecule has 0 heterocycles. The van der Waals surface area contributed by atoms with Crippen molar-refractivity contribution in [3.8, 4) is 6.07 Å². The highest BCUT2D eigenvalue weighted by molar-refractivity contribution is 7.92. The van der Waals surface area contributed by atoms with E-state index < -0.39 is 15.9 Å². The Bertz CT molecular complexity index is 888. The monoisotopic (exact) mass is 377 g/mol. The fourth-order valence-corrected chi connectivity index (χ4v) is 3.07. The van der Waals surface area contributed by atoms with E-state index in [2.05, 4.69) is 5.32 Å². The van der Waals surface area contributed by atoms with Gasteiger partial charge in [-0.25, -0.2) is 8.42 Å². The van der Waals surface area contributed by atoms with E-state index in [0.29, 0.717) is 16.3 Å². The van der Waals surface area contributed by atoms with Crippen molar-refractivity contribution >= 4 is 33.2 Å². The number of carbonyl (C=O) groups is 1. The largest absolute Gasteiger partial charge is 0.350 e. The average molecular weight is 378 g/mol. The SMILES string of the molecule is CS(=O)(=O)N(CC(=O)NCc1ccc(Cl)cc1)c1ccc(C#N)cc1. The van der Waals surface area contributed by atoms with Crippen LogP contribution in [0.5, 0.6) is 0 Å². The summed E-state index contributed by atoms with van der Waals surface area (Å²) >= 11 is 5.80. The van der Waals surface area contributed by atoms with Crippen molar-refractivity contribution in [2.75, 3.05) is 17.1 Å². The van der Waals surface area contributed by atoms with Crippen LogP contribution in [0.1, 0.15) is 11.1 Å². The van der Waals surface area contributed by atoms with Crippen LogP contribution in [0.15, 0.2) is 48.5 Å². The normalized spacial score (nSPS) is 10.8. The second-order valence-electron chi connectivity index (χ2n) is 5.33. The first-order valence-corrected chi connectivity index (χ1v) is 9.51. The van der Waals surface area contributed by atoms with E-state index in [1.54, 1.807) is 24.3 Å². The van der Waals surface area contributed by atoms with E-state index in [9.17, 15) is 13.2 Å². The van der Waals surface area contributed by atoms with Crippen LogP contribution in [0.25, 0.3) is 0 Å². The summed E-state index contributed by atoms with van der Waals surface area (Å²) in [6, 6.07) is 14.9. The molecule has 0 aliphatic heterocycles. The number of hydrogen-bond donors (Lipinski definition) is 1. The average Bonchev–Trinajstić information content (AvgIpc) is 2.58. The zero-order valence-electron chi connectivity index (χ0n) is 13.4. The van der Waals surface area contributed by atoms with Crippen LogP contribution in [0.2, 0.25) is 5.02 Å². The molecule has 2 rings (SSSR count). The standard InChI is InChI=1S/C17H16ClN3O3S/c1-25(23,24)21(16-8-4-13(10-19)5-9-16)12-17(22)20-11-14-2-6-15(18)7-3-14/h2-9H,11-12H2,1H3,(H,20,22). The molecule has 8 heteroatoms. The summed E-state index contributed by atoms with van der Waals surface area (Å²) in [5.74, 6) is -0.440. The molecule has 0 atom stereocenters. The number of nitriles is 1. The lowest BCUT2D eigenvalue weighted by Crippen LogP contribution is -2.40. The van der Waals surface area contributed by atoms with Gasteiger partial charge in [0.05, 0.1) is 23.6 Å². The van der Waals surface area contributed by atoms with Crippen molar-refractivity contribution in [1.29, 1.82) is 5.26 Å². The first kappa shape index (κ1) is 18.8. The predicted molar refractivity (Wildman–Crippen MR) is 96.6 cm³/mol. The summed E-state index contributed by atoms with van der Waals surface area (Å²) in [6.45, 7) is -0.0840. The number of carbonyl (C=O) groups excluding carboxylic acids is 1. The van der Waals surface area contributed by atoms with Gasteiger partial charge in [-0.15, -0.1) is 0 Å². The molecule has 6 nitrogen and oxygen atoms in total. The Kier molecular flexibility index (Phi) is 6.02. The number of sulfonamides is 1. The third-order valence-electron chi connectivity index (χ3n) is 3.37. The number of halogens is 1. The molecule has 0 aliphatic rings. The third kappa shape index (κ3) is 5.48. The second-order valence-corrected chi connectivity index (χ2v) is 7.67. The highest BCUT2D eigenvalue weighted by Crippen LogP contribution is 2.18. The Labute approximate surface area is 151 Å². The minimum absolute atomic E-state index is 0.265. The number of nitrogens with one attached hydrogen (secondary N) is 1. The maximum absolute atomic E-state index is 12.1. The number of hydrogen-bond acceptors (Lipinski definition) is 4. The van der Waals surface area contributed by atoms with Gasteiger partial charge in [-0.3, -0.25) is 9.10 Å². The molecule has 0 aromatic heterocycles. The summed E-state index contributed by atoms with van der Waals surface area (Å²) in [7, 11) is -3.65. The lowest BCUT2D eigenvalue weighted by molar-refractivity contribution is -0.119. The first-order chi connectivity index (χ1) is 11.8. The highest BCUT2D eigenvalue weighted by atomic mass is 35.5. The van der Waals surface area contributed by atoms with Crippen molar-refractivity contribution in [2.45, 2.75) is 6.54 Å². The summed E-state index contributed by atoms with van der Waals surface area (Å²) in [4.78, 5) is 12.1. The fraction of sp³-hybridized carbons (Fsp3) is 0.176. The lowest BCUT2D eigenvalue weighted by Gasteiger charge is -2.22. The molecule has 0 fully saturated rings. The molecule has 130 valence electrons. The molecule has 25 heavy (non-hydrogen) atoms. The summed E-state index contributed by atoms with van der Waals surface area (Å²) < 4.78 is 25.0. The number of amides is 1. The molecule has 2 aromatic carbocycles. The van der Waals surface area contributed by atoms with Gasteiger partial charge in [0.1, 0.15) is 6.54 Å². The Morgan fingerprint density at radius 3 is 2.28 bits per heavy atom. The van der Waals surface area contributed by atoms with Crippen LogP contribution in [-0.4, -0.2) is 27.1 Å². The molecule has 1 amide bonds. The Hall–Kier alpha value is -2.56. The van der Waals surface area contributed by atoms with Gasteiger partial charge in [-0.1, -0.05) is 23.7 Å². The molecule has 0 saturated heterocycles. The number of nitrogens with zero attached hydrogens (tertiary/aromatic N) is 2. The van der Waals surface area contributed by atoms with Gasteiger partial charge in [0.2, 0.25) is 15.9 Å². The van der Waals surface area contributed by atoms with Gasteiger partial charge in [0.25, 0.3) is 0 Å². The maximum atomic E-state index is 12.1. The molecule has 0 unspecified atom stereocenters. The van der Waals surface area contributed by atoms with E-state index in [-0.39, 0.29) is 13.1 Å². The van der Waals surface area contributed by atoms with E-state index in [0.717, 1.165) is 16.1 Å². The van der Waals surface area contributed by atoms with Gasteiger partial charge in [0, 0.05) is 11.6 Å². The Balaban J connectivity index is 2.07. The molecule has 0 spiro atoms. The molecule has 0 radical (unpaired) electrons. The summed E-state index contributed by atoms with van der Waals surface area (Å²) in [5, 5.41) is 12.1. The van der Waals surface area contributed by atoms with E-state index >= 15 is 0 Å². The van der Waals surface area contributed by atoms with Crippen LogP contribution >= 0.6 is 11.6 Å². The minimum atomic E-state index is -3.65. The van der Waals surface area contributed by atoms with E-state index in [1.807, 2.05) is 6.07 Å². The molecule has 2 aromatic rings. The molecule has 1 N–H and O–H groups in total. The van der Waals surface area contributed by atoms with Gasteiger partial charge < -0.3 is 5.32 Å². The van der Waals surface area contributed by atoms with E-state index in [4.69, 9.17) is 16.9 Å². The van der Waals surface area contributed by atoms with Crippen LogP contribution in [0, 0.1) is 11.3 Å². The van der Waals surface area contributed by atoms with Crippen LogP contribution in [-0.2, 0) is 21.4 Å². The van der Waals surface area contributed by atoms with E-state index in [1.165, 1.54) is 24.3 Å². The highest BCUT2D eigenvalue weighted by Gasteiger charge is 2.20.